The standard InChI is InChI=1S/C16H24N4O3S/c1-20(24(17,22)23)12-8-6-11(7-9-12)10-15-13-4-2-3-5-14(13)16(21)19-18-15/h6-9,13-15,18H,2-5,10H2,1H3,(H,19,21)(H2,17,22,23). The number of nitrogens with two attached hydrogens (primary N) is 1. The van der Waals surface area contributed by atoms with Crippen molar-refractivity contribution in [2.24, 2.45) is 17.0 Å². The summed E-state index contributed by atoms with van der Waals surface area (Å²) in [5, 5.41) is 5.13. The molecular weight excluding hydrogens is 328 g/mol. The van der Waals surface area contributed by atoms with Gasteiger partial charge in [-0.15, -0.1) is 0 Å². The summed E-state index contributed by atoms with van der Waals surface area (Å²) >= 11 is 0. The Labute approximate surface area is 142 Å². The van der Waals surface area contributed by atoms with E-state index in [9.17, 15) is 13.2 Å². The maximum atomic E-state index is 12.0. The molecule has 24 heavy (non-hydrogen) atoms. The SMILES string of the molecule is CN(c1ccc(CC2NNC(=O)C3CCCCC23)cc1)S(N)(=O)=O. The summed E-state index contributed by atoms with van der Waals surface area (Å²) in [6.07, 6.45) is 5.12. The maximum absolute atomic E-state index is 12.0. The third kappa shape index (κ3) is 3.55. The molecule has 3 atom stereocenters. The van der Waals surface area contributed by atoms with E-state index in [0.29, 0.717) is 11.6 Å². The van der Waals surface area contributed by atoms with Crippen molar-refractivity contribution in [3.05, 3.63) is 29.8 Å². The number of fused-ring (bicyclic) bond motifs is 1. The molecule has 1 aliphatic carbocycles. The third-order valence-corrected chi connectivity index (χ3v) is 6.17. The molecule has 4 N–H and O–H groups in total. The minimum atomic E-state index is -3.74. The van der Waals surface area contributed by atoms with Gasteiger partial charge in [-0.3, -0.25) is 14.5 Å². The highest BCUT2D eigenvalue weighted by Crippen LogP contribution is 2.35. The molecule has 1 aromatic carbocycles. The summed E-state index contributed by atoms with van der Waals surface area (Å²) in [5.74, 6) is 0.582. The molecule has 2 aliphatic rings. The van der Waals surface area contributed by atoms with E-state index in [1.54, 1.807) is 12.1 Å². The smallest absolute Gasteiger partial charge is 0.291 e. The van der Waals surface area contributed by atoms with Gasteiger partial charge in [0.2, 0.25) is 5.91 Å². The first kappa shape index (κ1) is 17.2. The van der Waals surface area contributed by atoms with Crippen LogP contribution >= 0.6 is 0 Å². The van der Waals surface area contributed by atoms with Gasteiger partial charge in [0, 0.05) is 19.0 Å². The van der Waals surface area contributed by atoms with E-state index in [2.05, 4.69) is 10.9 Å². The second-order valence-corrected chi connectivity index (χ2v) is 8.26. The highest BCUT2D eigenvalue weighted by atomic mass is 32.2. The Bertz CT molecular complexity index is 705. The first-order chi connectivity index (χ1) is 11.4. The van der Waals surface area contributed by atoms with Gasteiger partial charge in [-0.05, 0) is 42.9 Å². The third-order valence-electron chi connectivity index (χ3n) is 5.19. The van der Waals surface area contributed by atoms with Crippen LogP contribution in [0.3, 0.4) is 0 Å². The highest BCUT2D eigenvalue weighted by molar-refractivity contribution is 7.90. The zero-order valence-corrected chi connectivity index (χ0v) is 14.6. The van der Waals surface area contributed by atoms with Crippen LogP contribution in [0.5, 0.6) is 0 Å². The van der Waals surface area contributed by atoms with Crippen LogP contribution in [0.15, 0.2) is 24.3 Å². The van der Waals surface area contributed by atoms with Crippen molar-refractivity contribution < 1.29 is 13.2 Å². The van der Waals surface area contributed by atoms with Crippen LogP contribution in [0, 0.1) is 11.8 Å². The Hall–Kier alpha value is -1.64. The molecule has 132 valence electrons. The zero-order valence-electron chi connectivity index (χ0n) is 13.7. The lowest BCUT2D eigenvalue weighted by Gasteiger charge is -2.41. The number of hydrogen-bond acceptors (Lipinski definition) is 4. The van der Waals surface area contributed by atoms with Gasteiger partial charge in [0.25, 0.3) is 10.2 Å². The molecule has 3 unspecified atom stereocenters. The number of nitrogens with zero attached hydrogens (tertiary/aromatic N) is 1. The number of nitrogens with one attached hydrogen (secondary N) is 2. The highest BCUT2D eigenvalue weighted by Gasteiger charge is 2.39. The van der Waals surface area contributed by atoms with Gasteiger partial charge in [-0.25, -0.2) is 10.6 Å². The number of rotatable bonds is 4. The maximum Gasteiger partial charge on any atom is 0.298 e. The minimum absolute atomic E-state index is 0.109. The first-order valence-electron chi connectivity index (χ1n) is 8.27. The molecule has 0 radical (unpaired) electrons. The number of hydrazine groups is 1. The molecule has 0 aromatic heterocycles. The van der Waals surface area contributed by atoms with Gasteiger partial charge in [0.15, 0.2) is 0 Å². The molecule has 2 fully saturated rings. The first-order valence-corrected chi connectivity index (χ1v) is 9.77. The van der Waals surface area contributed by atoms with E-state index in [-0.39, 0.29) is 17.9 Å². The molecule has 1 saturated heterocycles. The van der Waals surface area contributed by atoms with E-state index in [1.165, 1.54) is 13.5 Å². The summed E-state index contributed by atoms with van der Waals surface area (Å²) in [6.45, 7) is 0. The fourth-order valence-electron chi connectivity index (χ4n) is 3.78. The number of benzene rings is 1. The Kier molecular flexibility index (Phi) is 4.80. The molecule has 3 rings (SSSR count). The molecule has 1 aromatic rings. The largest absolute Gasteiger partial charge is 0.298 e. The summed E-state index contributed by atoms with van der Waals surface area (Å²) in [4.78, 5) is 12.0. The van der Waals surface area contributed by atoms with Crippen LogP contribution in [0.25, 0.3) is 0 Å². The summed E-state index contributed by atoms with van der Waals surface area (Å²) in [7, 11) is -2.32. The van der Waals surface area contributed by atoms with E-state index in [1.807, 2.05) is 12.1 Å². The molecule has 1 saturated carbocycles. The number of hydrogen-bond donors (Lipinski definition) is 3. The van der Waals surface area contributed by atoms with Crippen molar-refractivity contribution >= 4 is 21.8 Å². The molecule has 1 heterocycles. The average molecular weight is 352 g/mol. The lowest BCUT2D eigenvalue weighted by molar-refractivity contribution is -0.133. The van der Waals surface area contributed by atoms with E-state index < -0.39 is 10.2 Å². The van der Waals surface area contributed by atoms with Crippen LogP contribution in [0.1, 0.15) is 31.2 Å². The normalized spacial score (nSPS) is 27.2. The molecule has 0 spiro atoms. The second kappa shape index (κ2) is 6.70. The van der Waals surface area contributed by atoms with Gasteiger partial charge >= 0.3 is 0 Å². The van der Waals surface area contributed by atoms with Crippen molar-refractivity contribution in [3.8, 4) is 0 Å². The topological polar surface area (TPSA) is 105 Å². The Morgan fingerprint density at radius 3 is 2.54 bits per heavy atom. The van der Waals surface area contributed by atoms with Crippen LogP contribution in [-0.2, 0) is 21.4 Å². The van der Waals surface area contributed by atoms with E-state index >= 15 is 0 Å². The van der Waals surface area contributed by atoms with E-state index in [4.69, 9.17) is 5.14 Å². The van der Waals surface area contributed by atoms with Crippen molar-refractivity contribution in [3.63, 3.8) is 0 Å². The van der Waals surface area contributed by atoms with Gasteiger partial charge in [-0.1, -0.05) is 25.0 Å². The van der Waals surface area contributed by atoms with E-state index in [0.717, 1.165) is 35.6 Å². The monoisotopic (exact) mass is 352 g/mol. The quantitative estimate of drug-likeness (QED) is 0.741. The number of anilines is 1. The molecule has 7 nitrogen and oxygen atoms in total. The number of amides is 1. The average Bonchev–Trinajstić information content (AvgIpc) is 2.57. The molecule has 1 aliphatic heterocycles. The van der Waals surface area contributed by atoms with Crippen LogP contribution < -0.4 is 20.3 Å². The molecule has 8 heteroatoms. The van der Waals surface area contributed by atoms with Crippen LogP contribution in [0.2, 0.25) is 0 Å². The zero-order chi connectivity index (χ0) is 17.3. The summed E-state index contributed by atoms with van der Waals surface area (Å²) in [6, 6.07) is 7.52. The fraction of sp³-hybridized carbons (Fsp3) is 0.562. The van der Waals surface area contributed by atoms with Gasteiger partial charge in [0.1, 0.15) is 0 Å². The summed E-state index contributed by atoms with van der Waals surface area (Å²) < 4.78 is 23.8. The molecular formula is C16H24N4O3S. The van der Waals surface area contributed by atoms with Crippen molar-refractivity contribution in [2.75, 3.05) is 11.4 Å². The lowest BCUT2D eigenvalue weighted by atomic mass is 9.72. The number of carbonyl (C=O) groups excluding carboxylic acids is 1. The second-order valence-electron chi connectivity index (χ2n) is 6.68. The predicted molar refractivity (Wildman–Crippen MR) is 92.2 cm³/mol. The van der Waals surface area contributed by atoms with Gasteiger partial charge in [-0.2, -0.15) is 8.42 Å². The van der Waals surface area contributed by atoms with Crippen molar-refractivity contribution in [1.82, 2.24) is 10.9 Å². The fourth-order valence-corrected chi connectivity index (χ4v) is 4.19. The minimum Gasteiger partial charge on any atom is -0.291 e. The van der Waals surface area contributed by atoms with Crippen molar-refractivity contribution in [1.29, 1.82) is 0 Å². The lowest BCUT2D eigenvalue weighted by Crippen LogP contribution is -2.60. The van der Waals surface area contributed by atoms with Crippen LogP contribution in [-0.4, -0.2) is 27.4 Å². The Morgan fingerprint density at radius 2 is 1.88 bits per heavy atom. The molecule has 1 amide bonds. The van der Waals surface area contributed by atoms with Crippen LogP contribution in [0.4, 0.5) is 5.69 Å². The predicted octanol–water partition coefficient (Wildman–Crippen LogP) is 0.678. The van der Waals surface area contributed by atoms with Gasteiger partial charge in [0.05, 0.1) is 5.69 Å². The van der Waals surface area contributed by atoms with Crippen molar-refractivity contribution in [2.45, 2.75) is 38.1 Å². The summed E-state index contributed by atoms with van der Waals surface area (Å²) in [5.41, 5.74) is 7.59. The molecule has 0 bridgehead atoms. The van der Waals surface area contributed by atoms with Gasteiger partial charge < -0.3 is 0 Å². The Balaban J connectivity index is 1.70. The Morgan fingerprint density at radius 1 is 1.21 bits per heavy atom. The number of carbonyl (C=O) groups is 1.